The van der Waals surface area contributed by atoms with Gasteiger partial charge in [0.25, 0.3) is 0 Å². The van der Waals surface area contributed by atoms with Crippen LogP contribution in [0.15, 0.2) is 42.5 Å². The van der Waals surface area contributed by atoms with E-state index < -0.39 is 11.8 Å². The molecule has 0 aromatic heterocycles. The van der Waals surface area contributed by atoms with E-state index in [9.17, 15) is 14.0 Å². The molecule has 0 aliphatic heterocycles. The maximum absolute atomic E-state index is 13.3. The molecule has 0 aliphatic rings. The monoisotopic (exact) mass is 317 g/mol. The Morgan fingerprint density at radius 1 is 1.09 bits per heavy atom. The highest BCUT2D eigenvalue weighted by Crippen LogP contribution is 2.20. The lowest BCUT2D eigenvalue weighted by Crippen LogP contribution is -2.15. The molecular formula is C17H16FNO4. The third-order valence-electron chi connectivity index (χ3n) is 3.18. The molecule has 120 valence electrons. The van der Waals surface area contributed by atoms with Crippen LogP contribution in [0.3, 0.4) is 0 Å². The molecule has 0 aliphatic carbocycles. The Balaban J connectivity index is 2.05. The molecule has 23 heavy (non-hydrogen) atoms. The molecule has 2 aromatic carbocycles. The van der Waals surface area contributed by atoms with Gasteiger partial charge in [0.15, 0.2) is 0 Å². The summed E-state index contributed by atoms with van der Waals surface area (Å²) in [5.74, 6) is -0.759. The van der Waals surface area contributed by atoms with E-state index >= 15 is 0 Å². The van der Waals surface area contributed by atoms with E-state index in [1.807, 2.05) is 0 Å². The number of rotatable bonds is 5. The largest absolute Gasteiger partial charge is 0.496 e. The van der Waals surface area contributed by atoms with Gasteiger partial charge in [-0.3, -0.25) is 4.79 Å². The second-order valence-electron chi connectivity index (χ2n) is 4.75. The van der Waals surface area contributed by atoms with Crippen molar-refractivity contribution in [2.24, 2.45) is 0 Å². The average molecular weight is 317 g/mol. The Hall–Kier alpha value is -2.89. The van der Waals surface area contributed by atoms with Crippen LogP contribution in [-0.4, -0.2) is 26.1 Å². The smallest absolute Gasteiger partial charge is 0.337 e. The van der Waals surface area contributed by atoms with Gasteiger partial charge in [-0.15, -0.1) is 0 Å². The topological polar surface area (TPSA) is 64.6 Å². The number of anilines is 1. The number of nitrogens with one attached hydrogen (secondary N) is 1. The molecule has 2 rings (SSSR count). The number of benzene rings is 2. The summed E-state index contributed by atoms with van der Waals surface area (Å²) >= 11 is 0. The number of esters is 1. The lowest BCUT2D eigenvalue weighted by atomic mass is 10.1. The van der Waals surface area contributed by atoms with Crippen molar-refractivity contribution in [3.05, 3.63) is 59.4 Å². The predicted octanol–water partition coefficient (Wildman–Crippen LogP) is 2.80. The van der Waals surface area contributed by atoms with E-state index in [0.717, 1.165) is 0 Å². The van der Waals surface area contributed by atoms with Crippen molar-refractivity contribution in [1.82, 2.24) is 0 Å². The molecule has 0 fully saturated rings. The van der Waals surface area contributed by atoms with Crippen molar-refractivity contribution in [2.75, 3.05) is 19.5 Å². The van der Waals surface area contributed by atoms with E-state index in [1.165, 1.54) is 32.4 Å². The van der Waals surface area contributed by atoms with Crippen LogP contribution < -0.4 is 10.1 Å². The van der Waals surface area contributed by atoms with E-state index in [-0.39, 0.29) is 12.3 Å². The van der Waals surface area contributed by atoms with Crippen LogP contribution in [0.5, 0.6) is 5.75 Å². The first kappa shape index (κ1) is 16.5. The molecule has 6 heteroatoms. The molecule has 0 saturated heterocycles. The van der Waals surface area contributed by atoms with E-state index in [2.05, 4.69) is 10.1 Å². The third kappa shape index (κ3) is 4.29. The zero-order valence-corrected chi connectivity index (χ0v) is 12.8. The molecule has 0 atom stereocenters. The summed E-state index contributed by atoms with van der Waals surface area (Å²) in [6.07, 6.45) is -0.0281. The highest BCUT2D eigenvalue weighted by molar-refractivity contribution is 5.94. The van der Waals surface area contributed by atoms with E-state index in [1.54, 1.807) is 24.3 Å². The molecule has 5 nitrogen and oxygen atoms in total. The standard InChI is InChI=1S/C17H16FNO4/c1-22-15-8-5-13(18)9-12(15)10-16(20)19-14-6-3-11(4-7-14)17(21)23-2/h3-9H,10H2,1-2H3,(H,19,20). The highest BCUT2D eigenvalue weighted by atomic mass is 19.1. The van der Waals surface area contributed by atoms with Crippen molar-refractivity contribution < 1.29 is 23.5 Å². The number of hydrogen-bond acceptors (Lipinski definition) is 4. The summed E-state index contributed by atoms with van der Waals surface area (Å²) in [7, 11) is 2.75. The maximum atomic E-state index is 13.3. The Morgan fingerprint density at radius 2 is 1.78 bits per heavy atom. The van der Waals surface area contributed by atoms with E-state index in [0.29, 0.717) is 22.6 Å². The Kier molecular flexibility index (Phi) is 5.30. The third-order valence-corrected chi connectivity index (χ3v) is 3.18. The van der Waals surface area contributed by atoms with Crippen molar-refractivity contribution in [3.8, 4) is 5.75 Å². The van der Waals surface area contributed by atoms with Gasteiger partial charge in [0.05, 0.1) is 26.2 Å². The van der Waals surface area contributed by atoms with Crippen LogP contribution in [0, 0.1) is 5.82 Å². The van der Waals surface area contributed by atoms with Gasteiger partial charge >= 0.3 is 5.97 Å². The summed E-state index contributed by atoms with van der Waals surface area (Å²) < 4.78 is 23.0. The lowest BCUT2D eigenvalue weighted by Gasteiger charge is -2.09. The first-order valence-electron chi connectivity index (χ1n) is 6.84. The Morgan fingerprint density at radius 3 is 2.39 bits per heavy atom. The quantitative estimate of drug-likeness (QED) is 0.861. The second-order valence-corrected chi connectivity index (χ2v) is 4.75. The van der Waals surface area contributed by atoms with Crippen molar-refractivity contribution >= 4 is 17.6 Å². The molecule has 0 spiro atoms. The van der Waals surface area contributed by atoms with Gasteiger partial charge in [0, 0.05) is 11.3 Å². The van der Waals surface area contributed by atoms with E-state index in [4.69, 9.17) is 4.74 Å². The van der Waals surface area contributed by atoms with Crippen LogP contribution in [0.2, 0.25) is 0 Å². The number of carbonyl (C=O) groups is 2. The number of hydrogen-bond donors (Lipinski definition) is 1. The van der Waals surface area contributed by atoms with Crippen molar-refractivity contribution in [2.45, 2.75) is 6.42 Å². The van der Waals surface area contributed by atoms with Gasteiger partial charge in [-0.1, -0.05) is 0 Å². The number of amides is 1. The number of ether oxygens (including phenoxy) is 2. The summed E-state index contributed by atoms with van der Waals surface area (Å²) in [5, 5.41) is 2.68. The molecule has 1 amide bonds. The molecular weight excluding hydrogens is 301 g/mol. The SMILES string of the molecule is COC(=O)c1ccc(NC(=O)Cc2cc(F)ccc2OC)cc1. The summed E-state index contributed by atoms with van der Waals surface area (Å²) in [4.78, 5) is 23.4. The number of carbonyl (C=O) groups excluding carboxylic acids is 2. The first-order chi connectivity index (χ1) is 11.0. The number of methoxy groups -OCH3 is 2. The summed E-state index contributed by atoms with van der Waals surface area (Å²) in [6.45, 7) is 0. The summed E-state index contributed by atoms with van der Waals surface area (Å²) in [6, 6.07) is 10.3. The Labute approximate surface area is 133 Å². The molecule has 0 radical (unpaired) electrons. The van der Waals surface area contributed by atoms with Gasteiger partial charge in [0.2, 0.25) is 5.91 Å². The Bertz CT molecular complexity index is 713. The molecule has 0 bridgehead atoms. The maximum Gasteiger partial charge on any atom is 0.337 e. The molecule has 0 unspecified atom stereocenters. The fourth-order valence-electron chi connectivity index (χ4n) is 2.07. The van der Waals surface area contributed by atoms with Crippen LogP contribution in [0.25, 0.3) is 0 Å². The van der Waals surface area contributed by atoms with Crippen molar-refractivity contribution in [3.63, 3.8) is 0 Å². The molecule has 2 aromatic rings. The van der Waals surface area contributed by atoms with Crippen LogP contribution >= 0.6 is 0 Å². The fourth-order valence-corrected chi connectivity index (χ4v) is 2.07. The van der Waals surface area contributed by atoms with Crippen LogP contribution in [-0.2, 0) is 16.0 Å². The van der Waals surface area contributed by atoms with Gasteiger partial charge < -0.3 is 14.8 Å². The minimum Gasteiger partial charge on any atom is -0.496 e. The second kappa shape index (κ2) is 7.40. The van der Waals surface area contributed by atoms with Gasteiger partial charge in [0.1, 0.15) is 11.6 Å². The predicted molar refractivity (Wildman–Crippen MR) is 83.1 cm³/mol. The van der Waals surface area contributed by atoms with Gasteiger partial charge in [-0.25, -0.2) is 9.18 Å². The van der Waals surface area contributed by atoms with Gasteiger partial charge in [-0.2, -0.15) is 0 Å². The van der Waals surface area contributed by atoms with Crippen LogP contribution in [0.4, 0.5) is 10.1 Å². The first-order valence-corrected chi connectivity index (χ1v) is 6.84. The molecule has 1 N–H and O–H groups in total. The molecule has 0 saturated carbocycles. The number of halogens is 1. The zero-order chi connectivity index (χ0) is 16.8. The lowest BCUT2D eigenvalue weighted by molar-refractivity contribution is -0.115. The zero-order valence-electron chi connectivity index (χ0n) is 12.8. The van der Waals surface area contributed by atoms with Crippen LogP contribution in [0.1, 0.15) is 15.9 Å². The fraction of sp³-hybridized carbons (Fsp3) is 0.176. The minimum absolute atomic E-state index is 0.0281. The summed E-state index contributed by atoms with van der Waals surface area (Å²) in [5.41, 5.74) is 1.37. The normalized spacial score (nSPS) is 10.0. The van der Waals surface area contributed by atoms with Crippen molar-refractivity contribution in [1.29, 1.82) is 0 Å². The molecule has 0 heterocycles. The average Bonchev–Trinajstić information content (AvgIpc) is 2.55. The highest BCUT2D eigenvalue weighted by Gasteiger charge is 2.11. The minimum atomic E-state index is -0.452. The van der Waals surface area contributed by atoms with Gasteiger partial charge in [-0.05, 0) is 42.5 Å².